The molecule has 0 radical (unpaired) electrons. The van der Waals surface area contributed by atoms with Crippen molar-refractivity contribution < 1.29 is 19.0 Å². The quantitative estimate of drug-likeness (QED) is 0.371. The number of fused-ring (bicyclic) bond motifs is 1. The predicted octanol–water partition coefficient (Wildman–Crippen LogP) is 4.57. The molecule has 0 unspecified atom stereocenters. The number of aromatic hydroxyl groups is 1. The van der Waals surface area contributed by atoms with Gasteiger partial charge in [-0.15, -0.1) is 0 Å². The van der Waals surface area contributed by atoms with Gasteiger partial charge in [0.15, 0.2) is 11.5 Å². The van der Waals surface area contributed by atoms with E-state index < -0.39 is 11.6 Å². The van der Waals surface area contributed by atoms with Gasteiger partial charge in [-0.25, -0.2) is 4.39 Å². The van der Waals surface area contributed by atoms with Gasteiger partial charge in [0.25, 0.3) is 0 Å². The van der Waals surface area contributed by atoms with Crippen molar-refractivity contribution in [3.63, 3.8) is 0 Å². The smallest absolute Gasteiger partial charge is 0.205 e. The molecule has 0 saturated carbocycles. The van der Waals surface area contributed by atoms with Crippen LogP contribution in [0.4, 0.5) is 4.39 Å². The second kappa shape index (κ2) is 7.02. The Bertz CT molecular complexity index is 1100. The maximum absolute atomic E-state index is 13.3. The number of aromatic amines is 1. The molecule has 0 saturated heterocycles. The van der Waals surface area contributed by atoms with Crippen molar-refractivity contribution >= 4 is 38.7 Å². The first-order valence-corrected chi connectivity index (χ1v) is 8.23. The SMILES string of the molecule is COc1cc(/C=C(/C#N)C(=O)c2c[nH]c3cc(F)ccc23)cc(Br)c1O. The number of Topliss-reactive ketones (excluding diaryl/α,β-unsaturated/α-hetero) is 1. The Kier molecular flexibility index (Phi) is 4.78. The lowest BCUT2D eigenvalue weighted by atomic mass is 10.0. The Labute approximate surface area is 156 Å². The zero-order valence-electron chi connectivity index (χ0n) is 13.5. The minimum atomic E-state index is -0.492. The number of methoxy groups -OCH3 is 1. The number of aromatic nitrogens is 1. The molecule has 0 aliphatic carbocycles. The third kappa shape index (κ3) is 3.19. The largest absolute Gasteiger partial charge is 0.503 e. The fraction of sp³-hybridized carbons (Fsp3) is 0.0526. The van der Waals surface area contributed by atoms with E-state index in [-0.39, 0.29) is 22.6 Å². The molecule has 5 nitrogen and oxygen atoms in total. The number of carbonyl (C=O) groups is 1. The normalized spacial score (nSPS) is 11.4. The van der Waals surface area contributed by atoms with Gasteiger partial charge in [0.2, 0.25) is 5.78 Å². The highest BCUT2D eigenvalue weighted by Crippen LogP contribution is 2.36. The van der Waals surface area contributed by atoms with Crippen LogP contribution in [0.25, 0.3) is 17.0 Å². The molecule has 1 aromatic heterocycles. The molecule has 0 fully saturated rings. The number of ether oxygens (including phenoxy) is 1. The number of carbonyl (C=O) groups excluding carboxylic acids is 1. The second-order valence-electron chi connectivity index (χ2n) is 5.44. The van der Waals surface area contributed by atoms with Crippen molar-refractivity contribution in [3.8, 4) is 17.6 Å². The van der Waals surface area contributed by atoms with Crippen molar-refractivity contribution in [1.29, 1.82) is 5.26 Å². The molecular formula is C19H12BrFN2O3. The van der Waals surface area contributed by atoms with Crippen LogP contribution in [0.3, 0.4) is 0 Å². The molecule has 1 heterocycles. The van der Waals surface area contributed by atoms with Crippen LogP contribution < -0.4 is 4.74 Å². The summed E-state index contributed by atoms with van der Waals surface area (Å²) in [6.45, 7) is 0. The van der Waals surface area contributed by atoms with Gasteiger partial charge in [0, 0.05) is 22.7 Å². The van der Waals surface area contributed by atoms with Crippen LogP contribution in [0.2, 0.25) is 0 Å². The number of H-pyrrole nitrogens is 1. The number of nitriles is 1. The molecule has 0 atom stereocenters. The molecule has 7 heteroatoms. The number of hydrogen-bond donors (Lipinski definition) is 2. The number of nitrogens with one attached hydrogen (secondary N) is 1. The van der Waals surface area contributed by atoms with E-state index in [9.17, 15) is 19.6 Å². The summed E-state index contributed by atoms with van der Waals surface area (Å²) in [5.41, 5.74) is 1.15. The van der Waals surface area contributed by atoms with Crippen molar-refractivity contribution in [1.82, 2.24) is 4.98 Å². The van der Waals surface area contributed by atoms with Gasteiger partial charge >= 0.3 is 0 Å². The number of ketones is 1. The molecular weight excluding hydrogens is 403 g/mol. The molecule has 2 N–H and O–H groups in total. The zero-order valence-corrected chi connectivity index (χ0v) is 15.1. The summed E-state index contributed by atoms with van der Waals surface area (Å²) in [4.78, 5) is 15.6. The first kappa shape index (κ1) is 17.7. The van der Waals surface area contributed by atoms with Gasteiger partial charge in [-0.05, 0) is 57.9 Å². The third-order valence-corrected chi connectivity index (χ3v) is 4.44. The second-order valence-corrected chi connectivity index (χ2v) is 6.30. The fourth-order valence-electron chi connectivity index (χ4n) is 2.58. The van der Waals surface area contributed by atoms with E-state index in [0.717, 1.165) is 0 Å². The molecule has 26 heavy (non-hydrogen) atoms. The first-order valence-electron chi connectivity index (χ1n) is 7.44. The third-order valence-electron chi connectivity index (χ3n) is 3.84. The summed E-state index contributed by atoms with van der Waals surface area (Å²) in [6.07, 6.45) is 2.85. The molecule has 130 valence electrons. The van der Waals surface area contributed by atoms with Crippen molar-refractivity contribution in [3.05, 3.63) is 63.5 Å². The van der Waals surface area contributed by atoms with Crippen molar-refractivity contribution in [2.75, 3.05) is 7.11 Å². The lowest BCUT2D eigenvalue weighted by molar-refractivity contribution is 0.104. The van der Waals surface area contributed by atoms with E-state index in [4.69, 9.17) is 4.74 Å². The molecule has 0 amide bonds. The van der Waals surface area contributed by atoms with Crippen LogP contribution in [0, 0.1) is 17.1 Å². The summed E-state index contributed by atoms with van der Waals surface area (Å²) < 4.78 is 18.7. The van der Waals surface area contributed by atoms with Crippen molar-refractivity contribution in [2.24, 2.45) is 0 Å². The minimum Gasteiger partial charge on any atom is -0.503 e. The van der Waals surface area contributed by atoms with Gasteiger partial charge in [-0.1, -0.05) is 0 Å². The predicted molar refractivity (Wildman–Crippen MR) is 98.5 cm³/mol. The number of halogens is 2. The van der Waals surface area contributed by atoms with Crippen LogP contribution >= 0.6 is 15.9 Å². The Morgan fingerprint density at radius 1 is 1.38 bits per heavy atom. The van der Waals surface area contributed by atoms with Crippen molar-refractivity contribution in [2.45, 2.75) is 0 Å². The summed E-state index contributed by atoms with van der Waals surface area (Å²) in [7, 11) is 1.40. The van der Waals surface area contributed by atoms with E-state index in [0.29, 0.717) is 20.9 Å². The maximum Gasteiger partial charge on any atom is 0.205 e. The zero-order chi connectivity index (χ0) is 18.8. The van der Waals surface area contributed by atoms with Crippen LogP contribution in [0.5, 0.6) is 11.5 Å². The molecule has 3 rings (SSSR count). The number of nitrogens with zero attached hydrogens (tertiary/aromatic N) is 1. The highest BCUT2D eigenvalue weighted by molar-refractivity contribution is 9.10. The maximum atomic E-state index is 13.3. The van der Waals surface area contributed by atoms with Crippen LogP contribution in [0.15, 0.2) is 46.6 Å². The molecule has 0 aliphatic heterocycles. The Balaban J connectivity index is 2.05. The molecule has 0 aliphatic rings. The van der Waals surface area contributed by atoms with Gasteiger partial charge in [-0.3, -0.25) is 4.79 Å². The number of hydrogen-bond acceptors (Lipinski definition) is 4. The Morgan fingerprint density at radius 3 is 2.85 bits per heavy atom. The number of rotatable bonds is 4. The molecule has 2 aromatic carbocycles. The minimum absolute atomic E-state index is 0.0758. The molecule has 0 bridgehead atoms. The van der Waals surface area contributed by atoms with Crippen LogP contribution in [-0.2, 0) is 0 Å². The highest BCUT2D eigenvalue weighted by atomic mass is 79.9. The Morgan fingerprint density at radius 2 is 2.15 bits per heavy atom. The molecule has 0 spiro atoms. The van der Waals surface area contributed by atoms with E-state index in [1.54, 1.807) is 6.07 Å². The lowest BCUT2D eigenvalue weighted by Crippen LogP contribution is -2.01. The van der Waals surface area contributed by atoms with Crippen LogP contribution in [0.1, 0.15) is 15.9 Å². The van der Waals surface area contributed by atoms with E-state index >= 15 is 0 Å². The standard InChI is InChI=1S/C19H12BrFN2O3/c1-26-17-6-10(5-15(20)19(17)25)4-11(8-22)18(24)14-9-23-16-7-12(21)2-3-13(14)16/h2-7,9,23,25H,1H3/b11-4-. The number of phenols is 1. The lowest BCUT2D eigenvalue weighted by Gasteiger charge is -2.07. The topological polar surface area (TPSA) is 86.1 Å². The summed E-state index contributed by atoms with van der Waals surface area (Å²) >= 11 is 3.20. The average Bonchev–Trinajstić information content (AvgIpc) is 3.04. The van der Waals surface area contributed by atoms with Crippen LogP contribution in [-0.4, -0.2) is 23.0 Å². The first-order chi connectivity index (χ1) is 12.4. The summed E-state index contributed by atoms with van der Waals surface area (Å²) in [6, 6.07) is 8.99. The van der Waals surface area contributed by atoms with Gasteiger partial charge < -0.3 is 14.8 Å². The summed E-state index contributed by atoms with van der Waals surface area (Å²) in [5, 5.41) is 19.8. The van der Waals surface area contributed by atoms with E-state index in [1.165, 1.54) is 43.6 Å². The fourth-order valence-corrected chi connectivity index (χ4v) is 3.04. The number of phenolic OH excluding ortho intramolecular Hbond substituents is 1. The van der Waals surface area contributed by atoms with Gasteiger partial charge in [0.05, 0.1) is 11.6 Å². The number of allylic oxidation sites excluding steroid dienone is 1. The van der Waals surface area contributed by atoms with E-state index in [2.05, 4.69) is 20.9 Å². The highest BCUT2D eigenvalue weighted by Gasteiger charge is 2.18. The average molecular weight is 415 g/mol. The summed E-state index contributed by atoms with van der Waals surface area (Å²) in [5.74, 6) is -0.782. The Hall–Kier alpha value is -3.11. The molecule has 3 aromatic rings. The van der Waals surface area contributed by atoms with Gasteiger partial charge in [0.1, 0.15) is 17.5 Å². The number of benzene rings is 2. The van der Waals surface area contributed by atoms with Gasteiger partial charge in [-0.2, -0.15) is 5.26 Å². The monoisotopic (exact) mass is 414 g/mol. The van der Waals surface area contributed by atoms with E-state index in [1.807, 2.05) is 6.07 Å².